The molecular weight excluding hydrogens is 508 g/mol. The minimum atomic E-state index is -0.594. The number of aryl methyl sites for hydroxylation is 1. The molecule has 0 aliphatic carbocycles. The first kappa shape index (κ1) is 27.1. The molecule has 38 heavy (non-hydrogen) atoms. The number of halogens is 1. The fourth-order valence-electron chi connectivity index (χ4n) is 4.61. The predicted octanol–water partition coefficient (Wildman–Crippen LogP) is 4.35. The van der Waals surface area contributed by atoms with Crippen LogP contribution in [-0.2, 0) is 4.74 Å². The maximum Gasteiger partial charge on any atom is 0.410 e. The number of ether oxygens (including phenoxy) is 1. The Kier molecular flexibility index (Phi) is 7.47. The molecule has 4 rings (SSSR count). The Labute approximate surface area is 225 Å². The lowest BCUT2D eigenvalue weighted by atomic mass is 10.0. The standard InChI is InChI=1S/C26H31ClN8O3/c1-14-17(13-28)21(33-24(29)31-14)30-15(2)22-32-19-8-6-7-18(27)20(19)23(36)35(22)16-9-11-34(12-10-16)25(37)38-26(3,4)5/h6-8,15-16H,9-12H2,1-5H3,(H3,29,30,31,33)/t15-/m0/s1. The average Bonchev–Trinajstić information content (AvgIpc) is 2.82. The van der Waals surface area contributed by atoms with Gasteiger partial charge < -0.3 is 20.7 Å². The van der Waals surface area contributed by atoms with Gasteiger partial charge >= 0.3 is 6.09 Å². The maximum absolute atomic E-state index is 13.9. The molecule has 12 heteroatoms. The molecule has 3 heterocycles. The van der Waals surface area contributed by atoms with E-state index < -0.39 is 11.6 Å². The minimum absolute atomic E-state index is 0.0290. The smallest absolute Gasteiger partial charge is 0.410 e. The van der Waals surface area contributed by atoms with Gasteiger partial charge in [0, 0.05) is 19.1 Å². The van der Waals surface area contributed by atoms with Crippen molar-refractivity contribution < 1.29 is 9.53 Å². The molecule has 3 N–H and O–H groups in total. The van der Waals surface area contributed by atoms with Crippen LogP contribution in [0.4, 0.5) is 16.6 Å². The molecule has 1 aliphatic heterocycles. The number of aromatic nitrogens is 4. The number of piperidine rings is 1. The number of carbonyl (C=O) groups excluding carboxylic acids is 1. The third kappa shape index (κ3) is 5.50. The Bertz CT molecular complexity index is 1480. The molecule has 1 saturated heterocycles. The summed E-state index contributed by atoms with van der Waals surface area (Å²) in [6.45, 7) is 9.84. The number of nitriles is 1. The van der Waals surface area contributed by atoms with Crippen LogP contribution in [0.25, 0.3) is 10.9 Å². The van der Waals surface area contributed by atoms with Crippen LogP contribution in [0.5, 0.6) is 0 Å². The summed E-state index contributed by atoms with van der Waals surface area (Å²) in [5.41, 5.74) is 6.14. The number of fused-ring (bicyclic) bond motifs is 1. The number of hydrogen-bond donors (Lipinski definition) is 2. The number of likely N-dealkylation sites (tertiary alicyclic amines) is 1. The normalized spacial score (nSPS) is 15.2. The fraction of sp³-hybridized carbons (Fsp3) is 0.462. The number of nitrogens with one attached hydrogen (secondary N) is 1. The van der Waals surface area contributed by atoms with E-state index in [1.807, 2.05) is 27.7 Å². The highest BCUT2D eigenvalue weighted by Gasteiger charge is 2.31. The summed E-state index contributed by atoms with van der Waals surface area (Å²) in [4.78, 5) is 41.2. The van der Waals surface area contributed by atoms with Crippen molar-refractivity contribution in [3.05, 3.63) is 50.7 Å². The lowest BCUT2D eigenvalue weighted by molar-refractivity contribution is 0.0186. The van der Waals surface area contributed by atoms with Crippen LogP contribution in [0.3, 0.4) is 0 Å². The number of hydrogen-bond acceptors (Lipinski definition) is 9. The van der Waals surface area contributed by atoms with Crippen molar-refractivity contribution in [3.63, 3.8) is 0 Å². The molecule has 11 nitrogen and oxygen atoms in total. The van der Waals surface area contributed by atoms with Crippen molar-refractivity contribution in [2.75, 3.05) is 24.1 Å². The Balaban J connectivity index is 1.73. The van der Waals surface area contributed by atoms with E-state index >= 15 is 0 Å². The summed E-state index contributed by atoms with van der Waals surface area (Å²) in [5, 5.41) is 13.5. The molecule has 0 unspecified atom stereocenters. The second-order valence-corrected chi connectivity index (χ2v) is 10.8. The van der Waals surface area contributed by atoms with Gasteiger partial charge in [-0.25, -0.2) is 14.8 Å². The molecule has 200 valence electrons. The molecule has 1 atom stereocenters. The first-order valence-electron chi connectivity index (χ1n) is 12.4. The van der Waals surface area contributed by atoms with Crippen molar-refractivity contribution in [2.45, 2.75) is 65.1 Å². The summed E-state index contributed by atoms with van der Waals surface area (Å²) < 4.78 is 7.17. The van der Waals surface area contributed by atoms with E-state index in [1.165, 1.54) is 0 Å². The van der Waals surface area contributed by atoms with E-state index in [9.17, 15) is 14.9 Å². The van der Waals surface area contributed by atoms with Crippen LogP contribution in [0, 0.1) is 18.3 Å². The van der Waals surface area contributed by atoms with Crippen molar-refractivity contribution >= 4 is 40.4 Å². The van der Waals surface area contributed by atoms with Crippen molar-refractivity contribution in [3.8, 4) is 6.07 Å². The number of nitrogen functional groups attached to an aromatic ring is 1. The van der Waals surface area contributed by atoms with Crippen LogP contribution in [0.15, 0.2) is 23.0 Å². The van der Waals surface area contributed by atoms with E-state index in [2.05, 4.69) is 21.4 Å². The number of benzene rings is 1. The topological polar surface area (TPSA) is 152 Å². The Morgan fingerprint density at radius 2 is 1.95 bits per heavy atom. The first-order valence-corrected chi connectivity index (χ1v) is 12.8. The number of nitrogens with zero attached hydrogens (tertiary/aromatic N) is 6. The summed E-state index contributed by atoms with van der Waals surface area (Å²) >= 11 is 6.43. The predicted molar refractivity (Wildman–Crippen MR) is 145 cm³/mol. The number of anilines is 2. The maximum atomic E-state index is 13.9. The van der Waals surface area contributed by atoms with E-state index in [-0.39, 0.29) is 35.0 Å². The summed E-state index contributed by atoms with van der Waals surface area (Å²) in [7, 11) is 0. The minimum Gasteiger partial charge on any atom is -0.444 e. The highest BCUT2D eigenvalue weighted by molar-refractivity contribution is 6.35. The molecule has 2 aromatic heterocycles. The van der Waals surface area contributed by atoms with Gasteiger partial charge in [-0.1, -0.05) is 17.7 Å². The summed E-state index contributed by atoms with van der Waals surface area (Å²) in [6.07, 6.45) is 0.679. The van der Waals surface area contributed by atoms with Crippen LogP contribution in [0.1, 0.15) is 69.7 Å². The van der Waals surface area contributed by atoms with E-state index in [1.54, 1.807) is 34.6 Å². The van der Waals surface area contributed by atoms with Crippen LogP contribution < -0.4 is 16.6 Å². The van der Waals surface area contributed by atoms with Crippen LogP contribution >= 0.6 is 11.6 Å². The fourth-order valence-corrected chi connectivity index (χ4v) is 4.86. The van der Waals surface area contributed by atoms with Gasteiger partial charge in [0.25, 0.3) is 5.56 Å². The molecule has 1 fully saturated rings. The molecular formula is C26H31ClN8O3. The highest BCUT2D eigenvalue weighted by atomic mass is 35.5. The monoisotopic (exact) mass is 538 g/mol. The van der Waals surface area contributed by atoms with Gasteiger partial charge in [0.05, 0.1) is 27.7 Å². The lowest BCUT2D eigenvalue weighted by Crippen LogP contribution is -2.44. The zero-order chi connectivity index (χ0) is 27.8. The zero-order valence-electron chi connectivity index (χ0n) is 22.1. The molecule has 1 aromatic carbocycles. The highest BCUT2D eigenvalue weighted by Crippen LogP contribution is 2.30. The van der Waals surface area contributed by atoms with Crippen LogP contribution in [0.2, 0.25) is 5.02 Å². The van der Waals surface area contributed by atoms with E-state index in [4.69, 9.17) is 27.1 Å². The second kappa shape index (κ2) is 10.5. The number of nitrogens with two attached hydrogens (primary N) is 1. The van der Waals surface area contributed by atoms with Gasteiger partial charge in [0.1, 0.15) is 28.9 Å². The number of amides is 1. The van der Waals surface area contributed by atoms with Gasteiger partial charge in [0.2, 0.25) is 5.95 Å². The molecule has 1 aliphatic rings. The van der Waals surface area contributed by atoms with Crippen LogP contribution in [-0.4, -0.2) is 49.2 Å². The Morgan fingerprint density at radius 1 is 1.26 bits per heavy atom. The molecule has 0 spiro atoms. The number of carbonyl (C=O) groups is 1. The molecule has 1 amide bonds. The second-order valence-electron chi connectivity index (χ2n) is 10.3. The average molecular weight is 539 g/mol. The molecule has 3 aromatic rings. The molecule has 0 radical (unpaired) electrons. The lowest BCUT2D eigenvalue weighted by Gasteiger charge is -2.35. The molecule has 0 saturated carbocycles. The molecule has 0 bridgehead atoms. The van der Waals surface area contributed by atoms with Gasteiger partial charge in [0.15, 0.2) is 0 Å². The number of rotatable bonds is 4. The Morgan fingerprint density at radius 3 is 2.58 bits per heavy atom. The van der Waals surface area contributed by atoms with Crippen molar-refractivity contribution in [1.29, 1.82) is 5.26 Å². The van der Waals surface area contributed by atoms with Crippen molar-refractivity contribution in [2.24, 2.45) is 0 Å². The van der Waals surface area contributed by atoms with Gasteiger partial charge in [-0.15, -0.1) is 0 Å². The van der Waals surface area contributed by atoms with Gasteiger partial charge in [-0.2, -0.15) is 10.2 Å². The summed E-state index contributed by atoms with van der Waals surface area (Å²) in [5.74, 6) is 0.748. The largest absolute Gasteiger partial charge is 0.444 e. The zero-order valence-corrected chi connectivity index (χ0v) is 22.8. The van der Waals surface area contributed by atoms with Crippen molar-refractivity contribution in [1.82, 2.24) is 24.4 Å². The quantitative estimate of drug-likeness (QED) is 0.493. The first-order chi connectivity index (χ1) is 17.9. The summed E-state index contributed by atoms with van der Waals surface area (Å²) in [6, 6.07) is 6.48. The van der Waals surface area contributed by atoms with Gasteiger partial charge in [-0.3, -0.25) is 9.36 Å². The third-order valence-electron chi connectivity index (χ3n) is 6.35. The third-order valence-corrected chi connectivity index (χ3v) is 6.66. The van der Waals surface area contributed by atoms with Gasteiger partial charge in [-0.05, 0) is 59.6 Å². The van der Waals surface area contributed by atoms with E-state index in [0.717, 1.165) is 0 Å². The Hall–Kier alpha value is -3.91. The SMILES string of the molecule is Cc1nc(N)nc(N[C@@H](C)c2nc3cccc(Cl)c3c(=O)n2C2CCN(C(=O)OC(C)(C)C)CC2)c1C#N. The van der Waals surface area contributed by atoms with E-state index in [0.29, 0.717) is 53.4 Å².